The van der Waals surface area contributed by atoms with Crippen molar-refractivity contribution in [2.75, 3.05) is 19.5 Å². The van der Waals surface area contributed by atoms with Gasteiger partial charge < -0.3 is 14.8 Å². The van der Waals surface area contributed by atoms with Crippen LogP contribution in [0.2, 0.25) is 0 Å². The molecule has 3 aromatic carbocycles. The summed E-state index contributed by atoms with van der Waals surface area (Å²) in [5.41, 5.74) is 2.92. The molecule has 0 saturated heterocycles. The molecule has 0 fully saturated rings. The molecule has 32 heavy (non-hydrogen) atoms. The van der Waals surface area contributed by atoms with Crippen molar-refractivity contribution in [2.24, 2.45) is 0 Å². The number of ether oxygens (including phenoxy) is 2. The van der Waals surface area contributed by atoms with Crippen LogP contribution in [0.3, 0.4) is 0 Å². The van der Waals surface area contributed by atoms with Crippen LogP contribution in [-0.2, 0) is 0 Å². The molecule has 2 amide bonds. The van der Waals surface area contributed by atoms with Crippen molar-refractivity contribution in [3.05, 3.63) is 72.3 Å². The molecule has 162 valence electrons. The Morgan fingerprint density at radius 2 is 1.69 bits per heavy atom. The number of para-hydroxylation sites is 1. The van der Waals surface area contributed by atoms with Crippen LogP contribution >= 0.6 is 23.3 Å². The summed E-state index contributed by atoms with van der Waals surface area (Å²) >= 11 is 2.30. The summed E-state index contributed by atoms with van der Waals surface area (Å²) in [5, 5.41) is 3.30. The fraction of sp³-hybridized carbons (Fsp3) is 0.0870. The van der Waals surface area contributed by atoms with Gasteiger partial charge in [0.25, 0.3) is 0 Å². The second-order valence-corrected chi connectivity index (χ2v) is 8.39. The second-order valence-electron chi connectivity index (χ2n) is 6.58. The van der Waals surface area contributed by atoms with Crippen LogP contribution < -0.4 is 19.5 Å². The predicted octanol–water partition coefficient (Wildman–Crippen LogP) is 5.59. The summed E-state index contributed by atoms with van der Waals surface area (Å²) in [7, 11) is 3.01. The maximum atomic E-state index is 12.4. The SMILES string of the molecule is COc1ccc(C(=O)SNC(=O)Nc2ccc(-c3nc4ccccc4s3)cc2)cc1OC. The molecule has 0 atom stereocenters. The van der Waals surface area contributed by atoms with Crippen LogP contribution in [-0.4, -0.2) is 30.3 Å². The second kappa shape index (κ2) is 9.71. The first-order valence-electron chi connectivity index (χ1n) is 9.53. The highest BCUT2D eigenvalue weighted by Crippen LogP contribution is 2.31. The maximum Gasteiger partial charge on any atom is 0.329 e. The third-order valence-corrected chi connectivity index (χ3v) is 6.33. The fourth-order valence-corrected chi connectivity index (χ4v) is 4.42. The number of fused-ring (bicyclic) bond motifs is 1. The lowest BCUT2D eigenvalue weighted by Crippen LogP contribution is -2.24. The van der Waals surface area contributed by atoms with E-state index in [9.17, 15) is 9.59 Å². The van der Waals surface area contributed by atoms with Crippen molar-refractivity contribution in [3.8, 4) is 22.1 Å². The largest absolute Gasteiger partial charge is 0.493 e. The van der Waals surface area contributed by atoms with Gasteiger partial charge in [0, 0.05) is 28.8 Å². The van der Waals surface area contributed by atoms with E-state index in [1.807, 2.05) is 36.4 Å². The third kappa shape index (κ3) is 4.84. The van der Waals surface area contributed by atoms with Gasteiger partial charge in [-0.3, -0.25) is 9.52 Å². The van der Waals surface area contributed by atoms with Crippen LogP contribution in [0.4, 0.5) is 10.5 Å². The number of anilines is 1. The average Bonchev–Trinajstić information content (AvgIpc) is 3.27. The topological polar surface area (TPSA) is 89.5 Å². The first-order chi connectivity index (χ1) is 15.6. The Labute approximate surface area is 192 Å². The number of nitrogens with one attached hydrogen (secondary N) is 2. The van der Waals surface area contributed by atoms with E-state index in [1.54, 1.807) is 41.7 Å². The molecule has 4 rings (SSSR count). The Morgan fingerprint density at radius 1 is 0.938 bits per heavy atom. The predicted molar refractivity (Wildman–Crippen MR) is 129 cm³/mol. The zero-order valence-corrected chi connectivity index (χ0v) is 18.9. The van der Waals surface area contributed by atoms with Crippen LogP contribution in [0.25, 0.3) is 20.8 Å². The Kier molecular flexibility index (Phi) is 6.58. The third-order valence-electron chi connectivity index (χ3n) is 4.54. The summed E-state index contributed by atoms with van der Waals surface area (Å²) in [5.74, 6) is 0.964. The minimum atomic E-state index is -0.503. The molecule has 0 aliphatic heterocycles. The zero-order chi connectivity index (χ0) is 22.5. The minimum Gasteiger partial charge on any atom is -0.493 e. The molecule has 1 aromatic heterocycles. The van der Waals surface area contributed by atoms with Crippen molar-refractivity contribution in [1.82, 2.24) is 9.71 Å². The molecule has 2 N–H and O–H groups in total. The van der Waals surface area contributed by atoms with Gasteiger partial charge in [-0.05, 0) is 54.6 Å². The van der Waals surface area contributed by atoms with Crippen LogP contribution in [0.5, 0.6) is 11.5 Å². The molecule has 0 aliphatic carbocycles. The van der Waals surface area contributed by atoms with Crippen molar-refractivity contribution < 1.29 is 19.1 Å². The van der Waals surface area contributed by atoms with E-state index in [0.717, 1.165) is 20.8 Å². The van der Waals surface area contributed by atoms with Gasteiger partial charge >= 0.3 is 6.03 Å². The summed E-state index contributed by atoms with van der Waals surface area (Å²) in [6, 6.07) is 19.7. The van der Waals surface area contributed by atoms with Gasteiger partial charge in [0.2, 0.25) is 5.12 Å². The highest BCUT2D eigenvalue weighted by Gasteiger charge is 2.13. The minimum absolute atomic E-state index is 0.327. The van der Waals surface area contributed by atoms with Gasteiger partial charge in [0.15, 0.2) is 11.5 Å². The highest BCUT2D eigenvalue weighted by molar-refractivity contribution is 8.12. The normalized spacial score (nSPS) is 10.6. The summed E-state index contributed by atoms with van der Waals surface area (Å²) in [6.45, 7) is 0. The number of nitrogens with zero attached hydrogens (tertiary/aromatic N) is 1. The number of benzene rings is 3. The van der Waals surface area contributed by atoms with Crippen LogP contribution in [0, 0.1) is 0 Å². The van der Waals surface area contributed by atoms with Gasteiger partial charge in [0.05, 0.1) is 24.4 Å². The number of hydrogen-bond acceptors (Lipinski definition) is 7. The summed E-state index contributed by atoms with van der Waals surface area (Å²) in [4.78, 5) is 29.2. The van der Waals surface area contributed by atoms with Gasteiger partial charge in [-0.2, -0.15) is 0 Å². The van der Waals surface area contributed by atoms with E-state index in [-0.39, 0.29) is 5.12 Å². The number of thiazole rings is 1. The number of rotatable bonds is 5. The van der Waals surface area contributed by atoms with Gasteiger partial charge in [-0.1, -0.05) is 12.1 Å². The Bertz CT molecular complexity index is 1240. The molecule has 0 radical (unpaired) electrons. The monoisotopic (exact) mass is 465 g/mol. The average molecular weight is 466 g/mol. The van der Waals surface area contributed by atoms with E-state index in [1.165, 1.54) is 14.2 Å². The number of methoxy groups -OCH3 is 2. The zero-order valence-electron chi connectivity index (χ0n) is 17.2. The van der Waals surface area contributed by atoms with Gasteiger partial charge in [-0.25, -0.2) is 9.78 Å². The van der Waals surface area contributed by atoms with Crippen LogP contribution in [0.15, 0.2) is 66.7 Å². The molecule has 0 bridgehead atoms. The molecule has 1 heterocycles. The molecule has 0 saturated carbocycles. The molecular formula is C23H19N3O4S2. The summed E-state index contributed by atoms with van der Waals surface area (Å²) < 4.78 is 14.0. The number of carbonyl (C=O) groups is 2. The molecule has 0 unspecified atom stereocenters. The van der Waals surface area contributed by atoms with Crippen molar-refractivity contribution >= 4 is 50.3 Å². The number of aromatic nitrogens is 1. The number of carbonyl (C=O) groups excluding carboxylic acids is 2. The standard InChI is InChI=1S/C23H19N3O4S2/c1-29-18-12-9-15(13-19(18)30-2)22(27)32-26-23(28)24-16-10-7-14(8-11-16)21-25-17-5-3-4-6-20(17)31-21/h3-13H,1-2H3,(H2,24,26,28). The van der Waals surface area contributed by atoms with E-state index >= 15 is 0 Å². The lowest BCUT2D eigenvalue weighted by molar-refractivity contribution is 0.108. The highest BCUT2D eigenvalue weighted by atomic mass is 32.2. The van der Waals surface area contributed by atoms with Gasteiger partial charge in [0.1, 0.15) is 5.01 Å². The first kappa shape index (κ1) is 21.7. The number of hydrogen-bond donors (Lipinski definition) is 2. The molecule has 7 nitrogen and oxygen atoms in total. The van der Waals surface area contributed by atoms with E-state index < -0.39 is 6.03 Å². The smallest absolute Gasteiger partial charge is 0.329 e. The molecule has 4 aromatic rings. The Hall–Kier alpha value is -3.56. The van der Waals surface area contributed by atoms with Crippen molar-refractivity contribution in [2.45, 2.75) is 0 Å². The maximum absolute atomic E-state index is 12.4. The Balaban J connectivity index is 1.34. The number of urea groups is 1. The molecule has 0 aliphatic rings. The van der Waals surface area contributed by atoms with E-state index in [0.29, 0.717) is 34.7 Å². The molecule has 0 spiro atoms. The van der Waals surface area contributed by atoms with E-state index in [4.69, 9.17) is 9.47 Å². The number of amides is 2. The first-order valence-corrected chi connectivity index (χ1v) is 11.2. The Morgan fingerprint density at radius 3 is 2.41 bits per heavy atom. The molecular weight excluding hydrogens is 446 g/mol. The van der Waals surface area contributed by atoms with Crippen molar-refractivity contribution in [1.29, 1.82) is 0 Å². The lowest BCUT2D eigenvalue weighted by Gasteiger charge is -2.09. The fourth-order valence-electron chi connectivity index (χ4n) is 2.96. The summed E-state index contributed by atoms with van der Waals surface area (Å²) in [6.07, 6.45) is 0. The molecule has 9 heteroatoms. The lowest BCUT2D eigenvalue weighted by atomic mass is 10.2. The van der Waals surface area contributed by atoms with Crippen molar-refractivity contribution in [3.63, 3.8) is 0 Å². The van der Waals surface area contributed by atoms with Gasteiger partial charge in [-0.15, -0.1) is 11.3 Å². The van der Waals surface area contributed by atoms with Crippen LogP contribution in [0.1, 0.15) is 10.4 Å². The van der Waals surface area contributed by atoms with E-state index in [2.05, 4.69) is 15.0 Å². The quantitative estimate of drug-likeness (QED) is 0.374.